The standard InChI is InChI=1S/C21H18F3N3O4S/c22-21(23,24)15-7-4-8-16(11-15)27-19-17(26-12-13-5-2-1-3-6-13)9-14(20(28)29)10-18(19)32(25,30)31/h1-11,26-27H,12H2,(H,28,29)(H2,25,30,31). The molecule has 3 aromatic rings. The van der Waals surface area contributed by atoms with Crippen LogP contribution in [0.1, 0.15) is 21.5 Å². The SMILES string of the molecule is NS(=O)(=O)c1cc(C(=O)O)cc(NCc2ccccc2)c1Nc1cccc(C(F)(F)F)c1. The van der Waals surface area contributed by atoms with E-state index in [1.54, 1.807) is 30.3 Å². The van der Waals surface area contributed by atoms with Gasteiger partial charge in [0, 0.05) is 12.2 Å². The van der Waals surface area contributed by atoms with Gasteiger partial charge in [0.1, 0.15) is 4.90 Å². The molecule has 3 rings (SSSR count). The van der Waals surface area contributed by atoms with Gasteiger partial charge in [0.05, 0.1) is 22.5 Å². The molecule has 0 saturated carbocycles. The van der Waals surface area contributed by atoms with Crippen molar-refractivity contribution >= 4 is 33.1 Å². The average molecular weight is 465 g/mol. The number of hydrogen-bond donors (Lipinski definition) is 4. The Morgan fingerprint density at radius 3 is 2.28 bits per heavy atom. The fourth-order valence-corrected chi connectivity index (χ4v) is 3.68. The molecule has 0 fully saturated rings. The first-order chi connectivity index (χ1) is 14.9. The Morgan fingerprint density at radius 2 is 1.69 bits per heavy atom. The van der Waals surface area contributed by atoms with E-state index in [2.05, 4.69) is 10.6 Å². The highest BCUT2D eigenvalue weighted by Crippen LogP contribution is 2.36. The van der Waals surface area contributed by atoms with E-state index in [1.807, 2.05) is 0 Å². The van der Waals surface area contributed by atoms with Crippen LogP contribution in [0.5, 0.6) is 0 Å². The highest BCUT2D eigenvalue weighted by Gasteiger charge is 2.30. The second-order valence-corrected chi connectivity index (χ2v) is 8.32. The molecule has 0 bridgehead atoms. The van der Waals surface area contributed by atoms with Crippen molar-refractivity contribution in [3.63, 3.8) is 0 Å². The monoisotopic (exact) mass is 465 g/mol. The third-order valence-electron chi connectivity index (χ3n) is 4.44. The lowest BCUT2D eigenvalue weighted by Crippen LogP contribution is -2.17. The largest absolute Gasteiger partial charge is 0.478 e. The van der Waals surface area contributed by atoms with E-state index in [4.69, 9.17) is 5.14 Å². The number of anilines is 3. The van der Waals surface area contributed by atoms with Crippen LogP contribution in [0.25, 0.3) is 0 Å². The number of benzene rings is 3. The van der Waals surface area contributed by atoms with Crippen molar-refractivity contribution in [1.82, 2.24) is 0 Å². The van der Waals surface area contributed by atoms with E-state index in [0.29, 0.717) is 0 Å². The van der Waals surface area contributed by atoms with Crippen LogP contribution in [0.15, 0.2) is 71.6 Å². The summed E-state index contributed by atoms with van der Waals surface area (Å²) in [5, 5.41) is 20.3. The topological polar surface area (TPSA) is 122 Å². The van der Waals surface area contributed by atoms with Crippen LogP contribution in [0, 0.1) is 0 Å². The van der Waals surface area contributed by atoms with Gasteiger partial charge in [-0.25, -0.2) is 18.4 Å². The summed E-state index contributed by atoms with van der Waals surface area (Å²) in [6.45, 7) is 0.186. The quantitative estimate of drug-likeness (QED) is 0.410. The molecule has 0 aromatic heterocycles. The number of primary sulfonamides is 1. The summed E-state index contributed by atoms with van der Waals surface area (Å²) >= 11 is 0. The van der Waals surface area contributed by atoms with Crippen molar-refractivity contribution in [3.05, 3.63) is 83.4 Å². The third kappa shape index (κ3) is 5.56. The summed E-state index contributed by atoms with van der Waals surface area (Å²) in [7, 11) is -4.44. The molecule has 168 valence electrons. The molecule has 5 N–H and O–H groups in total. The van der Waals surface area contributed by atoms with Gasteiger partial charge in [-0.2, -0.15) is 13.2 Å². The maximum absolute atomic E-state index is 13.1. The first-order valence-electron chi connectivity index (χ1n) is 9.11. The molecule has 3 aromatic carbocycles. The number of carbonyl (C=O) groups is 1. The van der Waals surface area contributed by atoms with E-state index >= 15 is 0 Å². The fraction of sp³-hybridized carbons (Fsp3) is 0.0952. The van der Waals surface area contributed by atoms with Crippen molar-refractivity contribution in [1.29, 1.82) is 0 Å². The zero-order valence-corrected chi connectivity index (χ0v) is 17.2. The normalized spacial score (nSPS) is 11.8. The Balaban J connectivity index is 2.12. The van der Waals surface area contributed by atoms with Crippen molar-refractivity contribution in [3.8, 4) is 0 Å². The first-order valence-corrected chi connectivity index (χ1v) is 10.7. The minimum atomic E-state index is -4.61. The van der Waals surface area contributed by atoms with Crippen molar-refractivity contribution in [2.24, 2.45) is 5.14 Å². The zero-order valence-electron chi connectivity index (χ0n) is 16.3. The summed E-state index contributed by atoms with van der Waals surface area (Å²) in [5.41, 5.74) is -0.700. The van der Waals surface area contributed by atoms with Crippen LogP contribution in [-0.4, -0.2) is 19.5 Å². The molecule has 7 nitrogen and oxygen atoms in total. The highest BCUT2D eigenvalue weighted by molar-refractivity contribution is 7.89. The van der Waals surface area contributed by atoms with Crippen LogP contribution in [0.2, 0.25) is 0 Å². The second kappa shape index (κ2) is 8.89. The number of nitrogens with two attached hydrogens (primary N) is 1. The molecule has 11 heteroatoms. The molecule has 0 aliphatic rings. The maximum Gasteiger partial charge on any atom is 0.416 e. The van der Waals surface area contributed by atoms with Gasteiger partial charge in [-0.05, 0) is 35.9 Å². The molecular formula is C21H18F3N3O4S. The minimum absolute atomic E-state index is 0.0372. The molecule has 0 aliphatic carbocycles. The van der Waals surface area contributed by atoms with Gasteiger partial charge in [-0.1, -0.05) is 36.4 Å². The average Bonchev–Trinajstić information content (AvgIpc) is 2.72. The highest BCUT2D eigenvalue weighted by atomic mass is 32.2. The number of carboxylic acids is 1. The van der Waals surface area contributed by atoms with Gasteiger partial charge in [0.2, 0.25) is 10.0 Å². The fourth-order valence-electron chi connectivity index (χ4n) is 2.94. The summed E-state index contributed by atoms with van der Waals surface area (Å²) in [5.74, 6) is -1.40. The van der Waals surface area contributed by atoms with Gasteiger partial charge >= 0.3 is 12.1 Å². The predicted octanol–water partition coefficient (Wildman–Crippen LogP) is 4.41. The number of aromatic carboxylic acids is 1. The number of rotatable bonds is 7. The van der Waals surface area contributed by atoms with Crippen LogP contribution in [0.3, 0.4) is 0 Å². The van der Waals surface area contributed by atoms with E-state index in [-0.39, 0.29) is 29.2 Å². The third-order valence-corrected chi connectivity index (χ3v) is 5.38. The lowest BCUT2D eigenvalue weighted by Gasteiger charge is -2.19. The van der Waals surface area contributed by atoms with Crippen molar-refractivity contribution < 1.29 is 31.5 Å². The summed E-state index contributed by atoms with van der Waals surface area (Å²) < 4.78 is 63.7. The Bertz CT molecular complexity index is 1250. The number of hydrogen-bond acceptors (Lipinski definition) is 5. The molecule has 0 heterocycles. The van der Waals surface area contributed by atoms with Crippen LogP contribution in [-0.2, 0) is 22.7 Å². The van der Waals surface area contributed by atoms with Gasteiger partial charge in [0.15, 0.2) is 0 Å². The summed E-state index contributed by atoms with van der Waals surface area (Å²) in [4.78, 5) is 10.9. The number of alkyl halides is 3. The first kappa shape index (κ1) is 23.1. The Morgan fingerprint density at radius 1 is 1.00 bits per heavy atom. The van der Waals surface area contributed by atoms with Crippen LogP contribution < -0.4 is 15.8 Å². The second-order valence-electron chi connectivity index (χ2n) is 6.79. The molecular weight excluding hydrogens is 447 g/mol. The number of sulfonamides is 1. The van der Waals surface area contributed by atoms with E-state index in [1.165, 1.54) is 12.1 Å². The summed E-state index contributed by atoms with van der Waals surface area (Å²) in [6, 6.07) is 15.1. The van der Waals surface area contributed by atoms with Gasteiger partial charge in [-0.15, -0.1) is 0 Å². The van der Waals surface area contributed by atoms with Crippen molar-refractivity contribution in [2.45, 2.75) is 17.6 Å². The van der Waals surface area contributed by atoms with Gasteiger partial charge in [-0.3, -0.25) is 0 Å². The molecule has 0 radical (unpaired) electrons. The van der Waals surface area contributed by atoms with Gasteiger partial charge in [0.25, 0.3) is 0 Å². The van der Waals surface area contributed by atoms with Crippen molar-refractivity contribution in [2.75, 3.05) is 10.6 Å². The van der Waals surface area contributed by atoms with E-state index in [0.717, 1.165) is 29.8 Å². The maximum atomic E-state index is 13.1. The lowest BCUT2D eigenvalue weighted by molar-refractivity contribution is -0.137. The Hall–Kier alpha value is -3.57. The minimum Gasteiger partial charge on any atom is -0.478 e. The molecule has 32 heavy (non-hydrogen) atoms. The number of carboxylic acid groups (broad SMARTS) is 1. The van der Waals surface area contributed by atoms with E-state index < -0.39 is 32.6 Å². The van der Waals surface area contributed by atoms with Crippen LogP contribution >= 0.6 is 0 Å². The lowest BCUT2D eigenvalue weighted by atomic mass is 10.1. The molecule has 0 spiro atoms. The number of halogens is 3. The Kier molecular flexibility index (Phi) is 6.42. The molecule has 0 saturated heterocycles. The van der Waals surface area contributed by atoms with Crippen LogP contribution in [0.4, 0.5) is 30.2 Å². The van der Waals surface area contributed by atoms with Gasteiger partial charge < -0.3 is 15.7 Å². The van der Waals surface area contributed by atoms with E-state index in [9.17, 15) is 31.5 Å². The molecule has 0 aliphatic heterocycles. The molecule has 0 atom stereocenters. The smallest absolute Gasteiger partial charge is 0.416 e. The molecule has 0 unspecified atom stereocenters. The summed E-state index contributed by atoms with van der Waals surface area (Å²) in [6.07, 6.45) is -4.61. The zero-order chi connectivity index (χ0) is 23.5. The Labute approximate surface area is 181 Å². The molecule has 0 amide bonds. The number of nitrogens with one attached hydrogen (secondary N) is 2. The predicted molar refractivity (Wildman–Crippen MR) is 113 cm³/mol.